The standard InChI is InChI=1S/C14H25NO3/c1-2-14(9-5-6-10-14)13(18)15-11-7-3-4-8-12(16)17/h2-11H2,1H3,(H,15,18)(H,16,17). The predicted molar refractivity (Wildman–Crippen MR) is 70.3 cm³/mol. The molecule has 18 heavy (non-hydrogen) atoms. The van der Waals surface area contributed by atoms with Gasteiger partial charge < -0.3 is 10.4 Å². The molecule has 1 fully saturated rings. The van der Waals surface area contributed by atoms with Gasteiger partial charge in [0.05, 0.1) is 0 Å². The maximum absolute atomic E-state index is 12.1. The summed E-state index contributed by atoms with van der Waals surface area (Å²) in [6, 6.07) is 0. The molecule has 1 rings (SSSR count). The Kier molecular flexibility index (Phi) is 6.16. The van der Waals surface area contributed by atoms with E-state index < -0.39 is 5.97 Å². The quantitative estimate of drug-likeness (QED) is 0.655. The minimum Gasteiger partial charge on any atom is -0.481 e. The fraction of sp³-hybridized carbons (Fsp3) is 0.857. The Morgan fingerprint density at radius 1 is 1.17 bits per heavy atom. The van der Waals surface area contributed by atoms with Gasteiger partial charge in [-0.2, -0.15) is 0 Å². The molecule has 2 N–H and O–H groups in total. The van der Waals surface area contributed by atoms with Crippen LogP contribution >= 0.6 is 0 Å². The van der Waals surface area contributed by atoms with E-state index in [0.29, 0.717) is 13.0 Å². The first kappa shape index (κ1) is 15.0. The topological polar surface area (TPSA) is 66.4 Å². The van der Waals surface area contributed by atoms with Crippen molar-refractivity contribution in [1.29, 1.82) is 0 Å². The second-order valence-corrected chi connectivity index (χ2v) is 5.30. The van der Waals surface area contributed by atoms with Gasteiger partial charge in [-0.05, 0) is 32.1 Å². The highest BCUT2D eigenvalue weighted by Gasteiger charge is 2.38. The van der Waals surface area contributed by atoms with Crippen molar-refractivity contribution in [3.63, 3.8) is 0 Å². The number of rotatable bonds is 8. The molecule has 0 aromatic heterocycles. The molecular formula is C14H25NO3. The highest BCUT2D eigenvalue weighted by Crippen LogP contribution is 2.40. The zero-order chi connectivity index (χ0) is 13.4. The molecule has 0 aromatic rings. The van der Waals surface area contributed by atoms with Crippen molar-refractivity contribution in [2.75, 3.05) is 6.54 Å². The lowest BCUT2D eigenvalue weighted by Crippen LogP contribution is -2.39. The number of hydrogen-bond acceptors (Lipinski definition) is 2. The maximum Gasteiger partial charge on any atom is 0.303 e. The maximum atomic E-state index is 12.1. The highest BCUT2D eigenvalue weighted by atomic mass is 16.4. The van der Waals surface area contributed by atoms with Gasteiger partial charge in [-0.1, -0.05) is 26.2 Å². The zero-order valence-corrected chi connectivity index (χ0v) is 11.3. The number of amides is 1. The summed E-state index contributed by atoms with van der Waals surface area (Å²) in [5.74, 6) is -0.532. The molecule has 0 spiro atoms. The summed E-state index contributed by atoms with van der Waals surface area (Å²) in [6.07, 6.45) is 7.97. The Labute approximate surface area is 109 Å². The van der Waals surface area contributed by atoms with Crippen molar-refractivity contribution < 1.29 is 14.7 Å². The number of unbranched alkanes of at least 4 members (excludes halogenated alkanes) is 2. The summed E-state index contributed by atoms with van der Waals surface area (Å²) in [6.45, 7) is 2.78. The van der Waals surface area contributed by atoms with Gasteiger partial charge in [0.15, 0.2) is 0 Å². The molecule has 4 nitrogen and oxygen atoms in total. The number of aliphatic carboxylic acids is 1. The summed E-state index contributed by atoms with van der Waals surface area (Å²) in [5, 5.41) is 11.5. The third-order valence-electron chi connectivity index (χ3n) is 4.07. The molecule has 0 aliphatic heterocycles. The monoisotopic (exact) mass is 255 g/mol. The number of carboxylic acid groups (broad SMARTS) is 1. The van der Waals surface area contributed by atoms with Crippen molar-refractivity contribution >= 4 is 11.9 Å². The van der Waals surface area contributed by atoms with Crippen LogP contribution in [-0.2, 0) is 9.59 Å². The lowest BCUT2D eigenvalue weighted by molar-refractivity contribution is -0.137. The van der Waals surface area contributed by atoms with E-state index in [9.17, 15) is 9.59 Å². The summed E-state index contributed by atoms with van der Waals surface area (Å²) >= 11 is 0. The molecule has 1 saturated carbocycles. The van der Waals surface area contributed by atoms with E-state index in [1.165, 1.54) is 12.8 Å². The van der Waals surface area contributed by atoms with E-state index in [2.05, 4.69) is 12.2 Å². The van der Waals surface area contributed by atoms with Crippen molar-refractivity contribution in [2.45, 2.75) is 64.7 Å². The van der Waals surface area contributed by atoms with Crippen LogP contribution in [0, 0.1) is 5.41 Å². The van der Waals surface area contributed by atoms with Gasteiger partial charge in [-0.25, -0.2) is 0 Å². The van der Waals surface area contributed by atoms with Crippen LogP contribution in [0.1, 0.15) is 64.7 Å². The van der Waals surface area contributed by atoms with Crippen LogP contribution in [0.3, 0.4) is 0 Å². The van der Waals surface area contributed by atoms with E-state index in [1.54, 1.807) is 0 Å². The molecule has 4 heteroatoms. The Morgan fingerprint density at radius 2 is 1.83 bits per heavy atom. The van der Waals surface area contributed by atoms with Crippen LogP contribution in [0.4, 0.5) is 0 Å². The summed E-state index contributed by atoms with van der Waals surface area (Å²) in [7, 11) is 0. The molecule has 1 amide bonds. The van der Waals surface area contributed by atoms with Crippen LogP contribution in [0.15, 0.2) is 0 Å². The van der Waals surface area contributed by atoms with Gasteiger partial charge in [-0.15, -0.1) is 0 Å². The molecule has 0 aromatic carbocycles. The first-order valence-electron chi connectivity index (χ1n) is 7.11. The van der Waals surface area contributed by atoms with Gasteiger partial charge in [0, 0.05) is 18.4 Å². The average molecular weight is 255 g/mol. The van der Waals surface area contributed by atoms with Gasteiger partial charge in [0.2, 0.25) is 5.91 Å². The SMILES string of the molecule is CCC1(C(=O)NCCCCCC(=O)O)CCCC1. The molecule has 1 aliphatic carbocycles. The van der Waals surface area contributed by atoms with Gasteiger partial charge >= 0.3 is 5.97 Å². The third-order valence-corrected chi connectivity index (χ3v) is 4.07. The number of carboxylic acids is 1. The van der Waals surface area contributed by atoms with Gasteiger partial charge in [-0.3, -0.25) is 9.59 Å². The van der Waals surface area contributed by atoms with Crippen molar-refractivity contribution in [3.05, 3.63) is 0 Å². The molecule has 0 atom stereocenters. The Hall–Kier alpha value is -1.06. The van der Waals surface area contributed by atoms with E-state index in [0.717, 1.165) is 32.1 Å². The lowest BCUT2D eigenvalue weighted by atomic mass is 9.82. The lowest BCUT2D eigenvalue weighted by Gasteiger charge is -2.25. The van der Waals surface area contributed by atoms with Gasteiger partial charge in [0.25, 0.3) is 0 Å². The van der Waals surface area contributed by atoms with Crippen LogP contribution in [0.5, 0.6) is 0 Å². The van der Waals surface area contributed by atoms with Gasteiger partial charge in [0.1, 0.15) is 0 Å². The second-order valence-electron chi connectivity index (χ2n) is 5.30. The molecule has 0 radical (unpaired) electrons. The van der Waals surface area contributed by atoms with E-state index >= 15 is 0 Å². The number of nitrogens with one attached hydrogen (secondary N) is 1. The molecule has 1 aliphatic rings. The minimum absolute atomic E-state index is 0.110. The molecule has 0 saturated heterocycles. The van der Waals surface area contributed by atoms with Crippen LogP contribution in [0.2, 0.25) is 0 Å². The molecule has 0 unspecified atom stereocenters. The second kappa shape index (κ2) is 7.39. The van der Waals surface area contributed by atoms with Crippen LogP contribution in [-0.4, -0.2) is 23.5 Å². The Morgan fingerprint density at radius 3 is 2.39 bits per heavy atom. The summed E-state index contributed by atoms with van der Waals surface area (Å²) < 4.78 is 0. The zero-order valence-electron chi connectivity index (χ0n) is 11.3. The smallest absolute Gasteiger partial charge is 0.303 e. The van der Waals surface area contributed by atoms with Crippen molar-refractivity contribution in [2.24, 2.45) is 5.41 Å². The fourth-order valence-corrected chi connectivity index (χ4v) is 2.76. The largest absolute Gasteiger partial charge is 0.481 e. The van der Waals surface area contributed by atoms with E-state index in [-0.39, 0.29) is 17.7 Å². The average Bonchev–Trinajstić information content (AvgIpc) is 2.83. The normalized spacial score (nSPS) is 17.6. The fourth-order valence-electron chi connectivity index (χ4n) is 2.76. The highest BCUT2D eigenvalue weighted by molar-refractivity contribution is 5.82. The molecular weight excluding hydrogens is 230 g/mol. The summed E-state index contributed by atoms with van der Waals surface area (Å²) in [5.41, 5.74) is -0.110. The minimum atomic E-state index is -0.741. The molecule has 0 bridgehead atoms. The van der Waals surface area contributed by atoms with Crippen molar-refractivity contribution in [1.82, 2.24) is 5.32 Å². The van der Waals surface area contributed by atoms with Crippen LogP contribution in [0.25, 0.3) is 0 Å². The van der Waals surface area contributed by atoms with Crippen LogP contribution < -0.4 is 5.32 Å². The van der Waals surface area contributed by atoms with Crippen molar-refractivity contribution in [3.8, 4) is 0 Å². The Balaban J connectivity index is 2.15. The first-order valence-corrected chi connectivity index (χ1v) is 7.11. The van der Waals surface area contributed by atoms with E-state index in [1.807, 2.05) is 0 Å². The summed E-state index contributed by atoms with van der Waals surface area (Å²) in [4.78, 5) is 22.5. The van der Waals surface area contributed by atoms with E-state index in [4.69, 9.17) is 5.11 Å². The number of carbonyl (C=O) groups excluding carboxylic acids is 1. The Bertz CT molecular complexity index is 283. The number of hydrogen-bond donors (Lipinski definition) is 2. The first-order chi connectivity index (χ1) is 8.60. The number of carbonyl (C=O) groups is 2. The predicted octanol–water partition coefficient (Wildman–Crippen LogP) is 2.72. The molecule has 104 valence electrons. The molecule has 0 heterocycles. The third kappa shape index (κ3) is 4.31.